The average Bonchev–Trinajstić information content (AvgIpc) is 3.29. The number of ether oxygens (including phenoxy) is 1. The van der Waals surface area contributed by atoms with E-state index in [9.17, 15) is 9.65 Å². The number of halogens is 2. The molecule has 4 heterocycles. The minimum Gasteiger partial charge on any atom is -0.476 e. The van der Waals surface area contributed by atoms with Gasteiger partial charge in [0, 0.05) is 42.7 Å². The first kappa shape index (κ1) is 25.9. The molecule has 0 saturated heterocycles. The molecular formula is C27H30ClFN8O. The van der Waals surface area contributed by atoms with Crippen LogP contribution in [0.25, 0.3) is 10.9 Å². The number of pyridine rings is 1. The van der Waals surface area contributed by atoms with Crippen LogP contribution in [-0.2, 0) is 6.54 Å². The number of rotatable bonds is 6. The monoisotopic (exact) mass is 536 g/mol. The van der Waals surface area contributed by atoms with Crippen LogP contribution in [0.15, 0.2) is 35.5 Å². The number of aromatic nitrogens is 4. The number of aliphatic imine (C=N–C) groups is 1. The average molecular weight is 537 g/mol. The van der Waals surface area contributed by atoms with Crippen molar-refractivity contribution in [1.29, 1.82) is 5.26 Å². The summed E-state index contributed by atoms with van der Waals surface area (Å²) in [5.74, 6) is -0.151. The Kier molecular flexibility index (Phi) is 6.97. The summed E-state index contributed by atoms with van der Waals surface area (Å²) in [6.07, 6.45) is 5.56. The zero-order chi connectivity index (χ0) is 27.0. The molecule has 2 aromatic heterocycles. The van der Waals surface area contributed by atoms with Crippen LogP contribution in [-0.4, -0.2) is 45.1 Å². The largest absolute Gasteiger partial charge is 0.476 e. The molecule has 38 heavy (non-hydrogen) atoms. The molecule has 5 rings (SSSR count). The first-order valence-electron chi connectivity index (χ1n) is 12.6. The summed E-state index contributed by atoms with van der Waals surface area (Å²) in [5.41, 5.74) is 2.99. The molecule has 11 heteroatoms. The van der Waals surface area contributed by atoms with E-state index in [1.54, 1.807) is 16.8 Å². The summed E-state index contributed by atoms with van der Waals surface area (Å²) in [6.45, 7) is 10.2. The predicted molar refractivity (Wildman–Crippen MR) is 147 cm³/mol. The van der Waals surface area contributed by atoms with E-state index in [-0.39, 0.29) is 17.4 Å². The molecule has 198 valence electrons. The minimum absolute atomic E-state index is 0.0144. The molecule has 0 bridgehead atoms. The van der Waals surface area contributed by atoms with Crippen LogP contribution < -0.4 is 15.4 Å². The molecule has 2 N–H and O–H groups in total. The van der Waals surface area contributed by atoms with Gasteiger partial charge in [-0.1, -0.05) is 43.7 Å². The molecule has 9 nitrogen and oxygen atoms in total. The van der Waals surface area contributed by atoms with Crippen LogP contribution in [0.5, 0.6) is 5.88 Å². The third kappa shape index (κ3) is 5.16. The lowest BCUT2D eigenvalue weighted by molar-refractivity contribution is 0.226. The van der Waals surface area contributed by atoms with Gasteiger partial charge < -0.3 is 15.4 Å². The number of anilines is 2. The van der Waals surface area contributed by atoms with E-state index >= 15 is 0 Å². The van der Waals surface area contributed by atoms with E-state index in [2.05, 4.69) is 57.8 Å². The van der Waals surface area contributed by atoms with Gasteiger partial charge >= 0.3 is 0 Å². The highest BCUT2D eigenvalue weighted by atomic mass is 35.5. The highest BCUT2D eigenvalue weighted by Crippen LogP contribution is 2.40. The molecule has 1 aromatic carbocycles. The Morgan fingerprint density at radius 1 is 1.34 bits per heavy atom. The zero-order valence-electron chi connectivity index (χ0n) is 21.8. The van der Waals surface area contributed by atoms with Gasteiger partial charge in [-0.05, 0) is 30.5 Å². The number of fused-ring (bicyclic) bond motifs is 2. The van der Waals surface area contributed by atoms with Gasteiger partial charge in [-0.2, -0.15) is 9.65 Å². The fourth-order valence-electron chi connectivity index (χ4n) is 4.75. The van der Waals surface area contributed by atoms with Crippen molar-refractivity contribution >= 4 is 39.8 Å². The van der Waals surface area contributed by atoms with Crippen LogP contribution >= 0.6 is 11.6 Å². The molecule has 3 aromatic rings. The van der Waals surface area contributed by atoms with E-state index in [4.69, 9.17) is 16.3 Å². The number of dihydropyridines is 1. The maximum Gasteiger partial charge on any atom is 0.238 e. The lowest BCUT2D eigenvalue weighted by Crippen LogP contribution is -2.30. The molecule has 0 aliphatic carbocycles. The number of nitrogens with one attached hydrogen (secondary N) is 2. The molecule has 0 amide bonds. The molecule has 0 fully saturated rings. The van der Waals surface area contributed by atoms with Crippen LogP contribution in [0.2, 0.25) is 5.02 Å². The number of nitrogens with zero attached hydrogens (tertiary/aromatic N) is 6. The highest BCUT2D eigenvalue weighted by Gasteiger charge is 2.35. The van der Waals surface area contributed by atoms with E-state index < -0.39 is 12.0 Å². The van der Waals surface area contributed by atoms with Gasteiger partial charge in [0.15, 0.2) is 0 Å². The molecule has 0 saturated carbocycles. The van der Waals surface area contributed by atoms with Gasteiger partial charge in [-0.15, -0.1) is 5.10 Å². The van der Waals surface area contributed by atoms with E-state index in [0.29, 0.717) is 58.7 Å². The smallest absolute Gasteiger partial charge is 0.238 e. The molecule has 0 radical (unpaired) electrons. The first-order valence-corrected chi connectivity index (χ1v) is 13.0. The van der Waals surface area contributed by atoms with Crippen molar-refractivity contribution in [3.8, 4) is 11.9 Å². The number of hydrogen-bond donors (Lipinski definition) is 2. The number of aryl methyl sites for hydroxylation is 1. The van der Waals surface area contributed by atoms with Gasteiger partial charge in [-0.3, -0.25) is 9.98 Å². The molecule has 3 atom stereocenters. The second kappa shape index (κ2) is 10.2. The second-order valence-electron chi connectivity index (χ2n) is 10.9. The topological polar surface area (TPSA) is 113 Å². The molecule has 2 unspecified atom stereocenters. The predicted octanol–water partition coefficient (Wildman–Crippen LogP) is 5.69. The van der Waals surface area contributed by atoms with Crippen LogP contribution in [0.1, 0.15) is 51.4 Å². The Hall–Kier alpha value is -3.71. The van der Waals surface area contributed by atoms with Crippen molar-refractivity contribution in [2.75, 3.05) is 23.8 Å². The molecule has 2 aliphatic rings. The Morgan fingerprint density at radius 2 is 2.16 bits per heavy atom. The van der Waals surface area contributed by atoms with E-state index in [0.717, 1.165) is 11.8 Å². The summed E-state index contributed by atoms with van der Waals surface area (Å²) >= 11 is 6.72. The van der Waals surface area contributed by atoms with Crippen LogP contribution in [0.3, 0.4) is 0 Å². The second-order valence-corrected chi connectivity index (χ2v) is 11.3. The fraction of sp³-hybridized carbons (Fsp3) is 0.444. The Labute approximate surface area is 225 Å². The molecular weight excluding hydrogens is 507 g/mol. The summed E-state index contributed by atoms with van der Waals surface area (Å²) in [7, 11) is 0. The zero-order valence-corrected chi connectivity index (χ0v) is 22.6. The Balaban J connectivity index is 1.59. The van der Waals surface area contributed by atoms with Crippen molar-refractivity contribution < 1.29 is 9.13 Å². The quantitative estimate of drug-likeness (QED) is 0.416. The fourth-order valence-corrected chi connectivity index (χ4v) is 5.02. The van der Waals surface area contributed by atoms with Gasteiger partial charge in [0.25, 0.3) is 0 Å². The maximum atomic E-state index is 13.9. The molecule has 2 aliphatic heterocycles. The number of allylic oxidation sites excluding steroid dienone is 1. The van der Waals surface area contributed by atoms with Gasteiger partial charge in [0.2, 0.25) is 11.8 Å². The van der Waals surface area contributed by atoms with Gasteiger partial charge in [0.05, 0.1) is 40.5 Å². The third-order valence-electron chi connectivity index (χ3n) is 6.65. The number of nitriles is 1. The van der Waals surface area contributed by atoms with Crippen LogP contribution in [0.4, 0.5) is 15.8 Å². The van der Waals surface area contributed by atoms with Gasteiger partial charge in [-0.25, -0.2) is 4.68 Å². The standard InChI is InChI=1S/C27H30ClFN8O/c1-15-18(6-7-21(29)33-15)24(25-26-37(36-35-25)8-5-9-38-26)34-17-10-19-22(32-14-27(2,3)4)16(12-30)13-31-23(19)20(28)11-17/h6-7,10-11,13,15,18,24,34H,5,8-9,14H2,1-4H3,(H,31,32)/t15?,18?,24-/m0/s1. The van der Waals surface area contributed by atoms with Crippen molar-refractivity contribution in [3.63, 3.8) is 0 Å². The van der Waals surface area contributed by atoms with Crippen molar-refractivity contribution in [1.82, 2.24) is 20.0 Å². The summed E-state index contributed by atoms with van der Waals surface area (Å²) in [6, 6.07) is 5.16. The van der Waals surface area contributed by atoms with Crippen molar-refractivity contribution in [2.24, 2.45) is 16.3 Å². The van der Waals surface area contributed by atoms with E-state index in [1.807, 2.05) is 13.0 Å². The number of hydrogen-bond acceptors (Lipinski definition) is 8. The summed E-state index contributed by atoms with van der Waals surface area (Å²) in [5, 5.41) is 26.7. The molecule has 0 spiro atoms. The minimum atomic E-state index is -0.507. The third-order valence-corrected chi connectivity index (χ3v) is 6.94. The lowest BCUT2D eigenvalue weighted by Gasteiger charge is -2.30. The lowest BCUT2D eigenvalue weighted by atomic mass is 9.88. The Morgan fingerprint density at radius 3 is 2.89 bits per heavy atom. The normalized spacial score (nSPS) is 19.8. The Bertz CT molecular complexity index is 1470. The number of benzene rings is 1. The highest BCUT2D eigenvalue weighted by molar-refractivity contribution is 6.35. The van der Waals surface area contributed by atoms with Gasteiger partial charge in [0.1, 0.15) is 11.8 Å². The van der Waals surface area contributed by atoms with Crippen molar-refractivity contribution in [3.05, 3.63) is 46.8 Å². The van der Waals surface area contributed by atoms with E-state index in [1.165, 1.54) is 12.3 Å². The van der Waals surface area contributed by atoms with Crippen molar-refractivity contribution in [2.45, 2.75) is 52.7 Å². The first-order chi connectivity index (χ1) is 18.1. The van der Waals surface area contributed by atoms with Crippen LogP contribution in [0, 0.1) is 22.7 Å². The summed E-state index contributed by atoms with van der Waals surface area (Å²) in [4.78, 5) is 8.60. The summed E-state index contributed by atoms with van der Waals surface area (Å²) < 4.78 is 21.6. The maximum absolute atomic E-state index is 13.9. The SMILES string of the molecule is CC1N=C(F)C=CC1[C@H](Nc1cc(Cl)c2ncc(C#N)c(NCC(C)(C)C)c2c1)c1nnn2c1OCCC2.